The van der Waals surface area contributed by atoms with Gasteiger partial charge in [-0.15, -0.1) is 0 Å². The van der Waals surface area contributed by atoms with E-state index in [9.17, 15) is 23.6 Å². The number of benzene rings is 2. The van der Waals surface area contributed by atoms with E-state index in [1.54, 1.807) is 18.2 Å². The lowest BCUT2D eigenvalue weighted by Gasteiger charge is -2.27. The Balaban J connectivity index is 1.61. The van der Waals surface area contributed by atoms with Gasteiger partial charge in [0, 0.05) is 32.6 Å². The number of nitrogens with two attached hydrogens (primary N) is 1. The lowest BCUT2D eigenvalue weighted by molar-refractivity contribution is -0.133. The summed E-state index contributed by atoms with van der Waals surface area (Å²) in [4.78, 5) is 52.7. The van der Waals surface area contributed by atoms with Gasteiger partial charge < -0.3 is 25.6 Å². The van der Waals surface area contributed by atoms with Crippen molar-refractivity contribution in [3.05, 3.63) is 71.5 Å². The standard InChI is InChI=1S/C25H29FN4O5/c26-20-10-5-4-9-19(20)23(32)29-13-6-14-30(16-15-29)24(33)21(11-12-22(27)31)28-25(34)35-17-18-7-2-1-3-8-18/h1-5,7-10,21H,6,11-17H2,(H2,27,31)(H,28,34). The highest BCUT2D eigenvalue weighted by molar-refractivity contribution is 5.94. The van der Waals surface area contributed by atoms with Crippen LogP contribution in [0.1, 0.15) is 35.2 Å². The Hall–Kier alpha value is -3.95. The van der Waals surface area contributed by atoms with Gasteiger partial charge in [-0.1, -0.05) is 42.5 Å². The van der Waals surface area contributed by atoms with Crippen molar-refractivity contribution in [2.24, 2.45) is 5.73 Å². The van der Waals surface area contributed by atoms with E-state index in [0.717, 1.165) is 5.56 Å². The Morgan fingerprint density at radius 3 is 2.31 bits per heavy atom. The Labute approximate surface area is 203 Å². The van der Waals surface area contributed by atoms with Crippen LogP contribution in [0.3, 0.4) is 0 Å². The molecular weight excluding hydrogens is 455 g/mol. The third kappa shape index (κ3) is 7.53. The summed E-state index contributed by atoms with van der Waals surface area (Å²) in [6, 6.07) is 13.8. The molecule has 1 aliphatic heterocycles. The number of amides is 4. The smallest absolute Gasteiger partial charge is 0.408 e. The maximum Gasteiger partial charge on any atom is 0.408 e. The normalized spacial score (nSPS) is 14.5. The fourth-order valence-electron chi connectivity index (χ4n) is 3.82. The van der Waals surface area contributed by atoms with Gasteiger partial charge >= 0.3 is 6.09 Å². The summed E-state index contributed by atoms with van der Waals surface area (Å²) in [5.41, 5.74) is 6.01. The molecule has 1 atom stereocenters. The topological polar surface area (TPSA) is 122 Å². The molecule has 1 unspecified atom stereocenters. The SMILES string of the molecule is NC(=O)CCC(NC(=O)OCc1ccccc1)C(=O)N1CCCN(C(=O)c2ccccc2F)CC1. The molecule has 0 bridgehead atoms. The van der Waals surface area contributed by atoms with Crippen molar-refractivity contribution in [1.82, 2.24) is 15.1 Å². The number of nitrogens with one attached hydrogen (secondary N) is 1. The maximum absolute atomic E-state index is 14.0. The summed E-state index contributed by atoms with van der Waals surface area (Å²) in [7, 11) is 0. The van der Waals surface area contributed by atoms with Gasteiger partial charge in [-0.3, -0.25) is 14.4 Å². The van der Waals surface area contributed by atoms with E-state index in [1.807, 2.05) is 18.2 Å². The molecule has 9 nitrogen and oxygen atoms in total. The average molecular weight is 485 g/mol. The second-order valence-electron chi connectivity index (χ2n) is 8.21. The van der Waals surface area contributed by atoms with Crippen LogP contribution in [0.25, 0.3) is 0 Å². The predicted molar refractivity (Wildman–Crippen MR) is 125 cm³/mol. The highest BCUT2D eigenvalue weighted by atomic mass is 19.1. The van der Waals surface area contributed by atoms with Crippen LogP contribution in [0.2, 0.25) is 0 Å². The number of halogens is 1. The molecule has 3 rings (SSSR count). The lowest BCUT2D eigenvalue weighted by Crippen LogP contribution is -2.50. The van der Waals surface area contributed by atoms with Crippen molar-refractivity contribution < 1.29 is 28.3 Å². The van der Waals surface area contributed by atoms with Crippen LogP contribution in [0, 0.1) is 5.82 Å². The molecule has 0 aliphatic carbocycles. The molecule has 1 fully saturated rings. The highest BCUT2D eigenvalue weighted by Crippen LogP contribution is 2.14. The number of nitrogens with zero attached hydrogens (tertiary/aromatic N) is 2. The second-order valence-corrected chi connectivity index (χ2v) is 8.21. The van der Waals surface area contributed by atoms with Crippen LogP contribution < -0.4 is 11.1 Å². The number of hydrogen-bond acceptors (Lipinski definition) is 5. The second kappa shape index (κ2) is 12.5. The molecule has 186 valence electrons. The fourth-order valence-corrected chi connectivity index (χ4v) is 3.82. The fraction of sp³-hybridized carbons (Fsp3) is 0.360. The van der Waals surface area contributed by atoms with Crippen LogP contribution in [-0.2, 0) is 20.9 Å². The quantitative estimate of drug-likeness (QED) is 0.594. The van der Waals surface area contributed by atoms with Crippen LogP contribution in [-0.4, -0.2) is 65.8 Å². The lowest BCUT2D eigenvalue weighted by atomic mass is 10.1. The van der Waals surface area contributed by atoms with Crippen molar-refractivity contribution in [3.8, 4) is 0 Å². The molecule has 0 radical (unpaired) electrons. The molecule has 2 aromatic rings. The first-order chi connectivity index (χ1) is 16.8. The minimum Gasteiger partial charge on any atom is -0.445 e. The summed E-state index contributed by atoms with van der Waals surface area (Å²) < 4.78 is 19.3. The van der Waals surface area contributed by atoms with Gasteiger partial charge in [0.15, 0.2) is 0 Å². The zero-order valence-electron chi connectivity index (χ0n) is 19.3. The van der Waals surface area contributed by atoms with Crippen molar-refractivity contribution in [2.75, 3.05) is 26.2 Å². The Morgan fingerprint density at radius 2 is 1.60 bits per heavy atom. The number of primary amides is 1. The van der Waals surface area contributed by atoms with Gasteiger partial charge in [0.2, 0.25) is 11.8 Å². The highest BCUT2D eigenvalue weighted by Gasteiger charge is 2.30. The molecule has 0 aromatic heterocycles. The first-order valence-electron chi connectivity index (χ1n) is 11.4. The molecule has 0 saturated carbocycles. The third-order valence-corrected chi connectivity index (χ3v) is 5.68. The molecule has 0 spiro atoms. The first-order valence-corrected chi connectivity index (χ1v) is 11.4. The summed E-state index contributed by atoms with van der Waals surface area (Å²) in [5, 5.41) is 2.54. The molecule has 1 saturated heterocycles. The van der Waals surface area contributed by atoms with Crippen molar-refractivity contribution in [1.29, 1.82) is 0 Å². The Bertz CT molecular complexity index is 1050. The van der Waals surface area contributed by atoms with E-state index in [0.29, 0.717) is 19.5 Å². The number of hydrogen-bond donors (Lipinski definition) is 2. The monoisotopic (exact) mass is 484 g/mol. The van der Waals surface area contributed by atoms with Gasteiger partial charge in [0.1, 0.15) is 18.5 Å². The van der Waals surface area contributed by atoms with E-state index >= 15 is 0 Å². The molecule has 35 heavy (non-hydrogen) atoms. The van der Waals surface area contributed by atoms with Crippen LogP contribution >= 0.6 is 0 Å². The molecule has 1 heterocycles. The molecule has 4 amide bonds. The summed E-state index contributed by atoms with van der Waals surface area (Å²) in [6.45, 7) is 1.14. The summed E-state index contributed by atoms with van der Waals surface area (Å²) in [5.74, 6) is -2.03. The molecule has 2 aromatic carbocycles. The van der Waals surface area contributed by atoms with E-state index in [1.165, 1.54) is 28.0 Å². The van der Waals surface area contributed by atoms with Crippen molar-refractivity contribution in [3.63, 3.8) is 0 Å². The van der Waals surface area contributed by atoms with E-state index in [2.05, 4.69) is 5.32 Å². The Kier molecular flexibility index (Phi) is 9.16. The van der Waals surface area contributed by atoms with Crippen molar-refractivity contribution in [2.45, 2.75) is 31.9 Å². The Morgan fingerprint density at radius 1 is 0.943 bits per heavy atom. The largest absolute Gasteiger partial charge is 0.445 e. The van der Waals surface area contributed by atoms with E-state index in [4.69, 9.17) is 10.5 Å². The van der Waals surface area contributed by atoms with Gasteiger partial charge in [-0.05, 0) is 30.5 Å². The zero-order valence-corrected chi connectivity index (χ0v) is 19.3. The van der Waals surface area contributed by atoms with Crippen LogP contribution in [0.15, 0.2) is 54.6 Å². The van der Waals surface area contributed by atoms with E-state index < -0.39 is 35.7 Å². The summed E-state index contributed by atoms with van der Waals surface area (Å²) in [6.07, 6.45) is -0.389. The number of alkyl carbamates (subject to hydrolysis) is 1. The minimum absolute atomic E-state index is 0.0168. The first kappa shape index (κ1) is 25.7. The van der Waals surface area contributed by atoms with Gasteiger partial charge in [-0.25, -0.2) is 9.18 Å². The van der Waals surface area contributed by atoms with Crippen molar-refractivity contribution >= 4 is 23.8 Å². The molecule has 1 aliphatic rings. The molecule has 3 N–H and O–H groups in total. The van der Waals surface area contributed by atoms with Crippen LogP contribution in [0.4, 0.5) is 9.18 Å². The number of carbonyl (C=O) groups is 4. The summed E-state index contributed by atoms with van der Waals surface area (Å²) >= 11 is 0. The number of rotatable bonds is 8. The van der Waals surface area contributed by atoms with Crippen LogP contribution in [0.5, 0.6) is 0 Å². The number of carbonyl (C=O) groups excluding carboxylic acids is 4. The van der Waals surface area contributed by atoms with Gasteiger partial charge in [-0.2, -0.15) is 0 Å². The zero-order chi connectivity index (χ0) is 25.2. The van der Waals surface area contributed by atoms with Gasteiger partial charge in [0.25, 0.3) is 5.91 Å². The average Bonchev–Trinajstić information content (AvgIpc) is 3.12. The predicted octanol–water partition coefficient (Wildman–Crippen LogP) is 2.06. The number of ether oxygens (including phenoxy) is 1. The molecular formula is C25H29FN4O5. The minimum atomic E-state index is -1.01. The van der Waals surface area contributed by atoms with Gasteiger partial charge in [0.05, 0.1) is 5.56 Å². The third-order valence-electron chi connectivity index (χ3n) is 5.68. The maximum atomic E-state index is 14.0. The molecule has 10 heteroatoms. The van der Waals surface area contributed by atoms with E-state index in [-0.39, 0.29) is 38.1 Å².